The Labute approximate surface area is 90.3 Å². The second-order valence-electron chi connectivity index (χ2n) is 4.54. The Bertz CT molecular complexity index is 192. The highest BCUT2D eigenvalue weighted by atomic mass is 32.2. The molecular formula is C11H23NOS. The van der Waals surface area contributed by atoms with E-state index in [0.717, 1.165) is 11.7 Å². The SMILES string of the molecule is CCCC(NC(C)CS(C)=O)C1CC1. The van der Waals surface area contributed by atoms with E-state index in [0.29, 0.717) is 12.1 Å². The smallest absolute Gasteiger partial charge is 0.0383 e. The molecule has 1 fully saturated rings. The molecule has 0 bridgehead atoms. The van der Waals surface area contributed by atoms with Crippen LogP contribution in [0.5, 0.6) is 0 Å². The normalized spacial score (nSPS) is 23.1. The molecule has 1 aliphatic carbocycles. The molecule has 84 valence electrons. The average molecular weight is 217 g/mol. The number of rotatable bonds is 7. The van der Waals surface area contributed by atoms with Gasteiger partial charge >= 0.3 is 0 Å². The second-order valence-corrected chi connectivity index (χ2v) is 6.02. The largest absolute Gasteiger partial charge is 0.310 e. The molecule has 0 amide bonds. The lowest BCUT2D eigenvalue weighted by molar-refractivity contribution is 0.399. The fourth-order valence-electron chi connectivity index (χ4n) is 2.03. The topological polar surface area (TPSA) is 29.1 Å². The first-order chi connectivity index (χ1) is 6.63. The molecule has 1 N–H and O–H groups in total. The molecular weight excluding hydrogens is 194 g/mol. The predicted octanol–water partition coefficient (Wildman–Crippen LogP) is 1.92. The summed E-state index contributed by atoms with van der Waals surface area (Å²) in [7, 11) is -0.671. The van der Waals surface area contributed by atoms with Crippen LogP contribution in [0.2, 0.25) is 0 Å². The van der Waals surface area contributed by atoms with Gasteiger partial charge in [0, 0.05) is 34.9 Å². The molecule has 2 nitrogen and oxygen atoms in total. The van der Waals surface area contributed by atoms with Crippen molar-refractivity contribution >= 4 is 10.8 Å². The van der Waals surface area contributed by atoms with E-state index < -0.39 is 10.8 Å². The number of nitrogens with one attached hydrogen (secondary N) is 1. The highest BCUT2D eigenvalue weighted by Crippen LogP contribution is 2.34. The minimum absolute atomic E-state index is 0.401. The van der Waals surface area contributed by atoms with Crippen LogP contribution in [0.3, 0.4) is 0 Å². The van der Waals surface area contributed by atoms with Crippen molar-refractivity contribution in [3.63, 3.8) is 0 Å². The van der Waals surface area contributed by atoms with E-state index in [9.17, 15) is 4.21 Å². The molecule has 3 atom stereocenters. The summed E-state index contributed by atoms with van der Waals surface area (Å²) in [6.45, 7) is 4.38. The molecule has 0 heterocycles. The summed E-state index contributed by atoms with van der Waals surface area (Å²) in [5, 5.41) is 3.62. The quantitative estimate of drug-likeness (QED) is 0.706. The fraction of sp³-hybridized carbons (Fsp3) is 1.00. The Hall–Kier alpha value is 0.110. The number of hydrogen-bond acceptors (Lipinski definition) is 2. The van der Waals surface area contributed by atoms with Crippen molar-refractivity contribution < 1.29 is 4.21 Å². The highest BCUT2D eigenvalue weighted by molar-refractivity contribution is 7.84. The van der Waals surface area contributed by atoms with Gasteiger partial charge in [-0.1, -0.05) is 13.3 Å². The van der Waals surface area contributed by atoms with Crippen molar-refractivity contribution in [2.75, 3.05) is 12.0 Å². The monoisotopic (exact) mass is 217 g/mol. The average Bonchev–Trinajstić information content (AvgIpc) is 2.83. The summed E-state index contributed by atoms with van der Waals surface area (Å²) in [5.74, 6) is 1.69. The maximum Gasteiger partial charge on any atom is 0.0383 e. The molecule has 0 aromatic heterocycles. The van der Waals surface area contributed by atoms with E-state index >= 15 is 0 Å². The third-order valence-electron chi connectivity index (χ3n) is 2.77. The Morgan fingerprint density at radius 1 is 1.50 bits per heavy atom. The zero-order valence-corrected chi connectivity index (χ0v) is 10.4. The van der Waals surface area contributed by atoms with Crippen LogP contribution < -0.4 is 5.32 Å². The summed E-state index contributed by atoms with van der Waals surface area (Å²) in [6.07, 6.45) is 7.07. The zero-order valence-electron chi connectivity index (χ0n) is 9.58. The van der Waals surface area contributed by atoms with E-state index in [-0.39, 0.29) is 0 Å². The maximum atomic E-state index is 11.1. The predicted molar refractivity (Wildman–Crippen MR) is 63.0 cm³/mol. The molecule has 1 rings (SSSR count). The maximum absolute atomic E-state index is 11.1. The molecule has 0 aromatic rings. The van der Waals surface area contributed by atoms with Gasteiger partial charge in [0.25, 0.3) is 0 Å². The molecule has 0 saturated heterocycles. The van der Waals surface area contributed by atoms with Crippen molar-refractivity contribution in [1.29, 1.82) is 0 Å². The van der Waals surface area contributed by atoms with Gasteiger partial charge in [0.1, 0.15) is 0 Å². The molecule has 14 heavy (non-hydrogen) atoms. The highest BCUT2D eigenvalue weighted by Gasteiger charge is 2.30. The van der Waals surface area contributed by atoms with Gasteiger partial charge in [-0.15, -0.1) is 0 Å². The molecule has 0 aromatic carbocycles. The van der Waals surface area contributed by atoms with Gasteiger partial charge in [-0.05, 0) is 32.1 Å². The molecule has 1 aliphatic rings. The Morgan fingerprint density at radius 2 is 2.14 bits per heavy atom. The van der Waals surface area contributed by atoms with Crippen molar-refractivity contribution in [3.05, 3.63) is 0 Å². The Morgan fingerprint density at radius 3 is 2.57 bits per heavy atom. The molecule has 3 unspecified atom stereocenters. The van der Waals surface area contributed by atoms with Crippen molar-refractivity contribution in [2.24, 2.45) is 5.92 Å². The lowest BCUT2D eigenvalue weighted by atomic mass is 10.1. The second kappa shape index (κ2) is 5.86. The van der Waals surface area contributed by atoms with Gasteiger partial charge in [0.2, 0.25) is 0 Å². The first kappa shape index (κ1) is 12.2. The van der Waals surface area contributed by atoms with Crippen LogP contribution in [0, 0.1) is 5.92 Å². The minimum Gasteiger partial charge on any atom is -0.310 e. The number of hydrogen-bond donors (Lipinski definition) is 1. The van der Waals surface area contributed by atoms with Crippen LogP contribution in [0.25, 0.3) is 0 Å². The van der Waals surface area contributed by atoms with Crippen molar-refractivity contribution in [1.82, 2.24) is 5.32 Å². The van der Waals surface area contributed by atoms with Gasteiger partial charge in [-0.2, -0.15) is 0 Å². The summed E-state index contributed by atoms with van der Waals surface area (Å²) in [4.78, 5) is 0. The van der Waals surface area contributed by atoms with Crippen LogP contribution >= 0.6 is 0 Å². The third kappa shape index (κ3) is 4.56. The minimum atomic E-state index is -0.671. The van der Waals surface area contributed by atoms with Crippen LogP contribution in [0.4, 0.5) is 0 Å². The lowest BCUT2D eigenvalue weighted by Gasteiger charge is -2.22. The van der Waals surface area contributed by atoms with Crippen LogP contribution in [0.15, 0.2) is 0 Å². The van der Waals surface area contributed by atoms with Crippen LogP contribution in [-0.2, 0) is 10.8 Å². The first-order valence-electron chi connectivity index (χ1n) is 5.69. The van der Waals surface area contributed by atoms with Gasteiger partial charge in [0.15, 0.2) is 0 Å². The van der Waals surface area contributed by atoms with Crippen LogP contribution in [0.1, 0.15) is 39.5 Å². The lowest BCUT2D eigenvalue weighted by Crippen LogP contribution is -2.40. The van der Waals surface area contributed by atoms with E-state index in [2.05, 4.69) is 19.2 Å². The summed E-state index contributed by atoms with van der Waals surface area (Å²) in [6, 6.07) is 1.08. The summed E-state index contributed by atoms with van der Waals surface area (Å²) >= 11 is 0. The summed E-state index contributed by atoms with van der Waals surface area (Å²) < 4.78 is 11.1. The molecule has 0 radical (unpaired) electrons. The van der Waals surface area contributed by atoms with Gasteiger partial charge in [-0.25, -0.2) is 0 Å². The van der Waals surface area contributed by atoms with Crippen molar-refractivity contribution in [2.45, 2.75) is 51.6 Å². The third-order valence-corrected chi connectivity index (χ3v) is 3.74. The molecule has 0 aliphatic heterocycles. The van der Waals surface area contributed by atoms with E-state index in [1.165, 1.54) is 25.7 Å². The van der Waals surface area contributed by atoms with Gasteiger partial charge in [0.05, 0.1) is 0 Å². The zero-order chi connectivity index (χ0) is 10.6. The van der Waals surface area contributed by atoms with Gasteiger partial charge < -0.3 is 5.32 Å². The fourth-order valence-corrected chi connectivity index (χ4v) is 2.83. The van der Waals surface area contributed by atoms with E-state index in [4.69, 9.17) is 0 Å². The Balaban J connectivity index is 2.26. The summed E-state index contributed by atoms with van der Waals surface area (Å²) in [5.41, 5.74) is 0. The molecule has 1 saturated carbocycles. The van der Waals surface area contributed by atoms with E-state index in [1.807, 2.05) is 0 Å². The Kier molecular flexibility index (Phi) is 5.10. The van der Waals surface area contributed by atoms with E-state index in [1.54, 1.807) is 6.26 Å². The van der Waals surface area contributed by atoms with Gasteiger partial charge in [-0.3, -0.25) is 4.21 Å². The molecule has 0 spiro atoms. The first-order valence-corrected chi connectivity index (χ1v) is 7.42. The van der Waals surface area contributed by atoms with Crippen molar-refractivity contribution in [3.8, 4) is 0 Å². The molecule has 3 heteroatoms. The van der Waals surface area contributed by atoms with Crippen LogP contribution in [-0.4, -0.2) is 28.3 Å². The standard InChI is InChI=1S/C11H23NOS/c1-4-5-11(10-6-7-10)12-9(2)8-14(3)13/h9-12H,4-8H2,1-3H3.